The Balaban J connectivity index is 2.62. The minimum atomic E-state index is -0.217. The van der Waals surface area contributed by atoms with Crippen molar-refractivity contribution in [2.24, 2.45) is 0 Å². The summed E-state index contributed by atoms with van der Waals surface area (Å²) in [6.07, 6.45) is 0.536. The maximum Gasteiger partial charge on any atom is 0.251 e. The van der Waals surface area contributed by atoms with Crippen molar-refractivity contribution in [1.29, 1.82) is 0 Å². The minimum absolute atomic E-state index is 0.0583. The molecule has 0 bridgehead atoms. The molecule has 1 rings (SSSR count). The Bertz CT molecular complexity index is 355. The van der Waals surface area contributed by atoms with E-state index in [1.807, 2.05) is 0 Å². The lowest BCUT2D eigenvalue weighted by Gasteiger charge is -2.05. The number of nitrogens with two attached hydrogens (primary N) is 1. The van der Waals surface area contributed by atoms with Crippen LogP contribution in [0.15, 0.2) is 18.2 Å². The average molecular weight is 229 g/mol. The second kappa shape index (κ2) is 5.58. The molecule has 0 aliphatic rings. The number of aliphatic hydroxyl groups is 1. The molecule has 0 aliphatic heterocycles. The van der Waals surface area contributed by atoms with Crippen LogP contribution in [0.4, 0.5) is 5.69 Å². The van der Waals surface area contributed by atoms with Gasteiger partial charge in [0.25, 0.3) is 5.91 Å². The van der Waals surface area contributed by atoms with E-state index in [2.05, 4.69) is 5.32 Å². The topological polar surface area (TPSA) is 75.4 Å². The molecule has 0 fully saturated rings. The first-order valence-electron chi connectivity index (χ1n) is 4.59. The van der Waals surface area contributed by atoms with Gasteiger partial charge >= 0.3 is 0 Å². The number of carbonyl (C=O) groups excluding carboxylic acids is 1. The molecule has 4 N–H and O–H groups in total. The zero-order chi connectivity index (χ0) is 11.3. The first-order chi connectivity index (χ1) is 7.15. The molecular formula is C10H13ClN2O2. The van der Waals surface area contributed by atoms with Crippen LogP contribution in [-0.4, -0.2) is 24.2 Å². The molecule has 0 radical (unpaired) electrons. The van der Waals surface area contributed by atoms with Crippen LogP contribution in [0.3, 0.4) is 0 Å². The zero-order valence-corrected chi connectivity index (χ0v) is 8.92. The molecule has 0 unspecified atom stereocenters. The molecular weight excluding hydrogens is 216 g/mol. The number of amides is 1. The van der Waals surface area contributed by atoms with Crippen LogP contribution in [0, 0.1) is 0 Å². The minimum Gasteiger partial charge on any atom is -0.398 e. The highest BCUT2D eigenvalue weighted by Gasteiger charge is 2.06. The summed E-state index contributed by atoms with van der Waals surface area (Å²) in [7, 11) is 0. The van der Waals surface area contributed by atoms with Crippen molar-refractivity contribution in [2.75, 3.05) is 18.9 Å². The number of nitrogen functional groups attached to an aromatic ring is 1. The third kappa shape index (κ3) is 3.42. The fourth-order valence-electron chi connectivity index (χ4n) is 1.05. The number of carbonyl (C=O) groups is 1. The standard InChI is InChI=1S/C10H13ClN2O2/c11-8-6-7(2-3-9(8)12)10(15)13-4-1-5-14/h2-3,6,14H,1,4-5,12H2,(H,13,15). The van der Waals surface area contributed by atoms with Gasteiger partial charge in [0.2, 0.25) is 0 Å². The SMILES string of the molecule is Nc1ccc(C(=O)NCCCO)cc1Cl. The lowest BCUT2D eigenvalue weighted by molar-refractivity contribution is 0.0951. The second-order valence-corrected chi connectivity index (χ2v) is 3.48. The van der Waals surface area contributed by atoms with E-state index in [1.165, 1.54) is 6.07 Å². The van der Waals surface area contributed by atoms with Gasteiger partial charge in [-0.25, -0.2) is 0 Å². The summed E-state index contributed by atoms with van der Waals surface area (Å²) in [6, 6.07) is 4.71. The molecule has 15 heavy (non-hydrogen) atoms. The fourth-order valence-corrected chi connectivity index (χ4v) is 1.23. The van der Waals surface area contributed by atoms with E-state index >= 15 is 0 Å². The van der Waals surface area contributed by atoms with Gasteiger partial charge in [-0.2, -0.15) is 0 Å². The van der Waals surface area contributed by atoms with Crippen molar-refractivity contribution in [3.63, 3.8) is 0 Å². The van der Waals surface area contributed by atoms with E-state index < -0.39 is 0 Å². The van der Waals surface area contributed by atoms with Crippen molar-refractivity contribution in [1.82, 2.24) is 5.32 Å². The Labute approximate surface area is 93.0 Å². The molecule has 1 aromatic rings. The number of aliphatic hydroxyl groups excluding tert-OH is 1. The van der Waals surface area contributed by atoms with Gasteiger partial charge in [-0.05, 0) is 24.6 Å². The molecule has 0 atom stereocenters. The molecule has 0 heterocycles. The normalized spacial score (nSPS) is 10.0. The largest absolute Gasteiger partial charge is 0.398 e. The van der Waals surface area contributed by atoms with Gasteiger partial charge in [-0.3, -0.25) is 4.79 Å². The highest BCUT2D eigenvalue weighted by Crippen LogP contribution is 2.19. The number of hydrogen-bond acceptors (Lipinski definition) is 3. The van der Waals surface area contributed by atoms with Gasteiger partial charge in [0, 0.05) is 18.7 Å². The molecule has 0 saturated carbocycles. The molecule has 1 aromatic carbocycles. The quantitative estimate of drug-likeness (QED) is 0.532. The van der Waals surface area contributed by atoms with Gasteiger partial charge in [-0.15, -0.1) is 0 Å². The Morgan fingerprint density at radius 3 is 2.87 bits per heavy atom. The summed E-state index contributed by atoms with van der Waals surface area (Å²) < 4.78 is 0. The van der Waals surface area contributed by atoms with Crippen LogP contribution in [0.25, 0.3) is 0 Å². The van der Waals surface area contributed by atoms with E-state index in [-0.39, 0.29) is 12.5 Å². The third-order valence-electron chi connectivity index (χ3n) is 1.88. The van der Waals surface area contributed by atoms with Crippen LogP contribution in [0.1, 0.15) is 16.8 Å². The molecule has 0 saturated heterocycles. The van der Waals surface area contributed by atoms with E-state index in [9.17, 15) is 4.79 Å². The van der Waals surface area contributed by atoms with Gasteiger partial charge < -0.3 is 16.2 Å². The summed E-state index contributed by atoms with van der Waals surface area (Å²) >= 11 is 5.77. The predicted octanol–water partition coefficient (Wildman–Crippen LogP) is 1.03. The highest BCUT2D eigenvalue weighted by molar-refractivity contribution is 6.33. The van der Waals surface area contributed by atoms with Crippen LogP contribution in [0.2, 0.25) is 5.02 Å². The predicted molar refractivity (Wildman–Crippen MR) is 59.9 cm³/mol. The lowest BCUT2D eigenvalue weighted by atomic mass is 10.2. The lowest BCUT2D eigenvalue weighted by Crippen LogP contribution is -2.24. The monoisotopic (exact) mass is 228 g/mol. The maximum absolute atomic E-state index is 11.5. The summed E-state index contributed by atoms with van der Waals surface area (Å²) in [5, 5.41) is 11.6. The number of halogens is 1. The summed E-state index contributed by atoms with van der Waals surface area (Å²) in [5.74, 6) is -0.217. The number of nitrogens with one attached hydrogen (secondary N) is 1. The Kier molecular flexibility index (Phi) is 4.39. The van der Waals surface area contributed by atoms with Crippen molar-refractivity contribution in [3.8, 4) is 0 Å². The van der Waals surface area contributed by atoms with Crippen LogP contribution in [0.5, 0.6) is 0 Å². The molecule has 82 valence electrons. The number of hydrogen-bond donors (Lipinski definition) is 3. The van der Waals surface area contributed by atoms with Crippen LogP contribution >= 0.6 is 11.6 Å². The van der Waals surface area contributed by atoms with Crippen molar-refractivity contribution < 1.29 is 9.90 Å². The molecule has 1 amide bonds. The van der Waals surface area contributed by atoms with Gasteiger partial charge in [0.1, 0.15) is 0 Å². The van der Waals surface area contributed by atoms with Crippen LogP contribution < -0.4 is 11.1 Å². The van der Waals surface area contributed by atoms with Gasteiger partial charge in [0.05, 0.1) is 10.7 Å². The zero-order valence-electron chi connectivity index (χ0n) is 8.16. The second-order valence-electron chi connectivity index (χ2n) is 3.07. The van der Waals surface area contributed by atoms with E-state index in [0.29, 0.717) is 29.2 Å². The van der Waals surface area contributed by atoms with Crippen molar-refractivity contribution in [2.45, 2.75) is 6.42 Å². The first kappa shape index (κ1) is 11.8. The summed E-state index contributed by atoms with van der Waals surface area (Å²) in [4.78, 5) is 11.5. The Hall–Kier alpha value is -1.26. The summed E-state index contributed by atoms with van der Waals surface area (Å²) in [6.45, 7) is 0.500. The smallest absolute Gasteiger partial charge is 0.251 e. The maximum atomic E-state index is 11.5. The highest BCUT2D eigenvalue weighted by atomic mass is 35.5. The number of benzene rings is 1. The van der Waals surface area contributed by atoms with Crippen molar-refractivity contribution in [3.05, 3.63) is 28.8 Å². The summed E-state index contributed by atoms with van der Waals surface area (Å²) in [5.41, 5.74) is 6.43. The van der Waals surface area contributed by atoms with Gasteiger partial charge in [0.15, 0.2) is 0 Å². The Morgan fingerprint density at radius 2 is 2.27 bits per heavy atom. The number of rotatable bonds is 4. The van der Waals surface area contributed by atoms with E-state index in [1.54, 1.807) is 12.1 Å². The third-order valence-corrected chi connectivity index (χ3v) is 2.21. The number of anilines is 1. The van der Waals surface area contributed by atoms with E-state index in [0.717, 1.165) is 0 Å². The molecule has 0 spiro atoms. The van der Waals surface area contributed by atoms with Crippen molar-refractivity contribution >= 4 is 23.2 Å². The molecule has 4 nitrogen and oxygen atoms in total. The molecule has 5 heteroatoms. The Morgan fingerprint density at radius 1 is 1.53 bits per heavy atom. The fraction of sp³-hybridized carbons (Fsp3) is 0.300. The molecule has 0 aromatic heterocycles. The van der Waals surface area contributed by atoms with E-state index in [4.69, 9.17) is 22.4 Å². The average Bonchev–Trinajstić information content (AvgIpc) is 2.22. The molecule has 0 aliphatic carbocycles. The van der Waals surface area contributed by atoms with Gasteiger partial charge in [-0.1, -0.05) is 11.6 Å². The first-order valence-corrected chi connectivity index (χ1v) is 4.97. The van der Waals surface area contributed by atoms with Crippen LogP contribution in [-0.2, 0) is 0 Å².